The molecule has 1 aromatic heterocycles. The summed E-state index contributed by atoms with van der Waals surface area (Å²) < 4.78 is 0. The van der Waals surface area contributed by atoms with E-state index >= 15 is 0 Å². The summed E-state index contributed by atoms with van der Waals surface area (Å²) in [5.41, 5.74) is 3.03. The molecule has 98 valence electrons. The smallest absolute Gasteiger partial charge is 0.321 e. The number of carbonyl (C=O) groups is 1. The van der Waals surface area contributed by atoms with Crippen LogP contribution in [0.1, 0.15) is 23.6 Å². The first-order valence-corrected chi connectivity index (χ1v) is 6.48. The van der Waals surface area contributed by atoms with Gasteiger partial charge in [-0.1, -0.05) is 12.1 Å². The summed E-state index contributed by atoms with van der Waals surface area (Å²) in [6.07, 6.45) is 0.863. The van der Waals surface area contributed by atoms with Crippen LogP contribution in [-0.2, 0) is 4.79 Å². The van der Waals surface area contributed by atoms with Crippen molar-refractivity contribution in [3.63, 3.8) is 0 Å². The monoisotopic (exact) mass is 256 g/mol. The van der Waals surface area contributed by atoms with Gasteiger partial charge in [-0.25, -0.2) is 0 Å². The summed E-state index contributed by atoms with van der Waals surface area (Å²) >= 11 is 0. The number of rotatable bonds is 2. The summed E-state index contributed by atoms with van der Waals surface area (Å²) in [5.74, 6) is -0.729. The number of pyridine rings is 1. The average molecular weight is 256 g/mol. The minimum atomic E-state index is -0.773. The van der Waals surface area contributed by atoms with Crippen LogP contribution in [0.25, 0.3) is 10.9 Å². The van der Waals surface area contributed by atoms with Gasteiger partial charge in [0, 0.05) is 17.0 Å². The van der Waals surface area contributed by atoms with Crippen LogP contribution in [0.15, 0.2) is 30.3 Å². The third kappa shape index (κ3) is 2.19. The van der Waals surface area contributed by atoms with E-state index in [-0.39, 0.29) is 5.92 Å². The molecule has 0 saturated carbocycles. The molecule has 0 radical (unpaired) electrons. The molecule has 1 aliphatic heterocycles. The van der Waals surface area contributed by atoms with E-state index in [4.69, 9.17) is 0 Å². The topological polar surface area (TPSA) is 62.2 Å². The van der Waals surface area contributed by atoms with Crippen LogP contribution in [-0.4, -0.2) is 28.6 Å². The largest absolute Gasteiger partial charge is 0.480 e. The predicted molar refractivity (Wildman–Crippen MR) is 73.3 cm³/mol. The number of hydrogen-bond acceptors (Lipinski definition) is 3. The zero-order valence-electron chi connectivity index (χ0n) is 10.8. The second-order valence-electron chi connectivity index (χ2n) is 5.07. The zero-order chi connectivity index (χ0) is 13.4. The Balaban J connectivity index is 2.01. The highest BCUT2D eigenvalue weighted by atomic mass is 16.4. The number of aliphatic carboxylic acids is 1. The number of carboxylic acids is 1. The molecule has 1 saturated heterocycles. The van der Waals surface area contributed by atoms with Crippen LogP contribution >= 0.6 is 0 Å². The fourth-order valence-electron chi connectivity index (χ4n) is 2.80. The van der Waals surface area contributed by atoms with Crippen molar-refractivity contribution in [2.75, 3.05) is 6.54 Å². The summed E-state index contributed by atoms with van der Waals surface area (Å²) in [4.78, 5) is 15.7. The zero-order valence-corrected chi connectivity index (χ0v) is 10.8. The number of benzene rings is 1. The van der Waals surface area contributed by atoms with Gasteiger partial charge in [-0.3, -0.25) is 9.78 Å². The molecular formula is C15H16N2O2. The minimum absolute atomic E-state index is 0.0446. The fourth-order valence-corrected chi connectivity index (χ4v) is 2.80. The first kappa shape index (κ1) is 12.1. The highest BCUT2D eigenvalue weighted by molar-refractivity contribution is 5.80. The molecule has 1 fully saturated rings. The van der Waals surface area contributed by atoms with Gasteiger partial charge < -0.3 is 10.4 Å². The lowest BCUT2D eigenvalue weighted by molar-refractivity contribution is -0.139. The first-order valence-electron chi connectivity index (χ1n) is 6.48. The van der Waals surface area contributed by atoms with E-state index in [1.807, 2.05) is 31.2 Å². The van der Waals surface area contributed by atoms with Gasteiger partial charge >= 0.3 is 5.97 Å². The molecule has 1 aromatic carbocycles. The lowest BCUT2D eigenvalue weighted by atomic mass is 9.91. The molecule has 2 atom stereocenters. The number of nitrogens with zero attached hydrogens (tertiary/aromatic N) is 1. The average Bonchev–Trinajstić information content (AvgIpc) is 2.87. The second kappa shape index (κ2) is 4.63. The maximum atomic E-state index is 11.2. The van der Waals surface area contributed by atoms with Gasteiger partial charge in [-0.2, -0.15) is 0 Å². The first-order chi connectivity index (χ1) is 9.15. The van der Waals surface area contributed by atoms with E-state index in [9.17, 15) is 9.90 Å². The minimum Gasteiger partial charge on any atom is -0.480 e. The van der Waals surface area contributed by atoms with Gasteiger partial charge in [0.15, 0.2) is 0 Å². The van der Waals surface area contributed by atoms with Gasteiger partial charge in [0.05, 0.1) is 5.52 Å². The Morgan fingerprint density at radius 2 is 2.21 bits per heavy atom. The van der Waals surface area contributed by atoms with Crippen molar-refractivity contribution >= 4 is 16.9 Å². The summed E-state index contributed by atoms with van der Waals surface area (Å²) in [6.45, 7) is 2.72. The molecular weight excluding hydrogens is 240 g/mol. The quantitative estimate of drug-likeness (QED) is 0.863. The highest BCUT2D eigenvalue weighted by Crippen LogP contribution is 2.29. The molecule has 4 nitrogen and oxygen atoms in total. The van der Waals surface area contributed by atoms with E-state index in [1.165, 1.54) is 0 Å². The van der Waals surface area contributed by atoms with Crippen LogP contribution in [0.2, 0.25) is 0 Å². The van der Waals surface area contributed by atoms with Crippen LogP contribution < -0.4 is 5.32 Å². The molecule has 4 heteroatoms. The normalized spacial score (nSPS) is 22.8. The lowest BCUT2D eigenvalue weighted by Crippen LogP contribution is -2.34. The van der Waals surface area contributed by atoms with Crippen LogP contribution in [0, 0.1) is 6.92 Å². The molecule has 2 unspecified atom stereocenters. The fraction of sp³-hybridized carbons (Fsp3) is 0.333. The Bertz CT molecular complexity index is 639. The van der Waals surface area contributed by atoms with E-state index in [0.717, 1.165) is 35.1 Å². The van der Waals surface area contributed by atoms with Crippen molar-refractivity contribution in [1.82, 2.24) is 10.3 Å². The van der Waals surface area contributed by atoms with Gasteiger partial charge in [-0.05, 0) is 43.7 Å². The van der Waals surface area contributed by atoms with Gasteiger partial charge in [-0.15, -0.1) is 0 Å². The number of nitrogens with one attached hydrogen (secondary N) is 1. The SMILES string of the molecule is Cc1ccc2cc(C3CCNC3C(=O)O)ccc2n1. The molecule has 2 aromatic rings. The number of aromatic nitrogens is 1. The Labute approximate surface area is 111 Å². The molecule has 0 bridgehead atoms. The van der Waals surface area contributed by atoms with Gasteiger partial charge in [0.2, 0.25) is 0 Å². The number of aryl methyl sites for hydroxylation is 1. The maximum Gasteiger partial charge on any atom is 0.321 e. The van der Waals surface area contributed by atoms with Crippen LogP contribution in [0.3, 0.4) is 0 Å². The molecule has 0 aliphatic carbocycles. The van der Waals surface area contributed by atoms with E-state index in [0.29, 0.717) is 0 Å². The molecule has 0 amide bonds. The summed E-state index contributed by atoms with van der Waals surface area (Å²) in [6, 6.07) is 9.59. The Hall–Kier alpha value is -1.94. The maximum absolute atomic E-state index is 11.2. The second-order valence-corrected chi connectivity index (χ2v) is 5.07. The molecule has 0 spiro atoms. The van der Waals surface area contributed by atoms with Crippen molar-refractivity contribution < 1.29 is 9.90 Å². The number of hydrogen-bond donors (Lipinski definition) is 2. The molecule has 1 aliphatic rings. The van der Waals surface area contributed by atoms with Crippen molar-refractivity contribution in [3.05, 3.63) is 41.6 Å². The lowest BCUT2D eigenvalue weighted by Gasteiger charge is -2.16. The third-order valence-electron chi connectivity index (χ3n) is 3.77. The van der Waals surface area contributed by atoms with Gasteiger partial charge in [0.1, 0.15) is 6.04 Å². The Morgan fingerprint density at radius 3 is 3.00 bits per heavy atom. The van der Waals surface area contributed by atoms with Crippen molar-refractivity contribution in [3.8, 4) is 0 Å². The van der Waals surface area contributed by atoms with E-state index < -0.39 is 12.0 Å². The van der Waals surface area contributed by atoms with Crippen molar-refractivity contribution in [2.24, 2.45) is 0 Å². The van der Waals surface area contributed by atoms with Crippen molar-refractivity contribution in [2.45, 2.75) is 25.3 Å². The van der Waals surface area contributed by atoms with Crippen molar-refractivity contribution in [1.29, 1.82) is 0 Å². The molecule has 2 heterocycles. The molecule has 2 N–H and O–H groups in total. The van der Waals surface area contributed by atoms with E-state index in [1.54, 1.807) is 0 Å². The van der Waals surface area contributed by atoms with Crippen LogP contribution in [0.4, 0.5) is 0 Å². The van der Waals surface area contributed by atoms with Gasteiger partial charge in [0.25, 0.3) is 0 Å². The molecule has 3 rings (SSSR count). The van der Waals surface area contributed by atoms with Crippen LogP contribution in [0.5, 0.6) is 0 Å². The Morgan fingerprint density at radius 1 is 1.37 bits per heavy atom. The predicted octanol–water partition coefficient (Wildman–Crippen LogP) is 2.07. The third-order valence-corrected chi connectivity index (χ3v) is 3.77. The van der Waals surface area contributed by atoms with E-state index in [2.05, 4.69) is 16.4 Å². The standard InChI is InChI=1S/C15H16N2O2/c1-9-2-3-11-8-10(4-5-13(11)17-9)12-6-7-16-14(12)15(18)19/h2-5,8,12,14,16H,6-7H2,1H3,(H,18,19). The summed E-state index contributed by atoms with van der Waals surface area (Å²) in [7, 11) is 0. The summed E-state index contributed by atoms with van der Waals surface area (Å²) in [5, 5.41) is 13.3. The Kier molecular flexibility index (Phi) is 2.95. The molecule has 19 heavy (non-hydrogen) atoms. The number of carboxylic acid groups (broad SMARTS) is 1. The highest BCUT2D eigenvalue weighted by Gasteiger charge is 2.33. The number of fused-ring (bicyclic) bond motifs is 1.